The van der Waals surface area contributed by atoms with Crippen LogP contribution in [0.2, 0.25) is 0 Å². The molecule has 0 amide bonds. The molecule has 0 saturated carbocycles. The zero-order valence-corrected chi connectivity index (χ0v) is 11.1. The Labute approximate surface area is 87.3 Å². The van der Waals surface area contributed by atoms with Crippen LogP contribution in [0.1, 0.15) is 60.3 Å². The first-order valence-corrected chi connectivity index (χ1v) is 6.01. The Bertz CT molecular complexity index is 82.2. The van der Waals surface area contributed by atoms with Gasteiger partial charge in [0.15, 0.2) is 0 Å². The van der Waals surface area contributed by atoms with Crippen molar-refractivity contribution in [1.82, 2.24) is 0 Å². The minimum atomic E-state index is 0.834. The Balaban J connectivity index is -0.000000218. The van der Waals surface area contributed by atoms with E-state index in [0.29, 0.717) is 0 Å². The van der Waals surface area contributed by atoms with E-state index < -0.39 is 0 Å². The lowest BCUT2D eigenvalue weighted by Crippen LogP contribution is -1.98. The van der Waals surface area contributed by atoms with Gasteiger partial charge in [-0.05, 0) is 32.7 Å². The van der Waals surface area contributed by atoms with Crippen molar-refractivity contribution in [3.05, 3.63) is 0 Å². The van der Waals surface area contributed by atoms with Crippen LogP contribution in [0.3, 0.4) is 0 Å². The van der Waals surface area contributed by atoms with E-state index in [1.54, 1.807) is 0 Å². The van der Waals surface area contributed by atoms with Gasteiger partial charge >= 0.3 is 0 Å². The van der Waals surface area contributed by atoms with Gasteiger partial charge in [0.05, 0.1) is 0 Å². The summed E-state index contributed by atoms with van der Waals surface area (Å²) in [6.07, 6.45) is 4.89. The van der Waals surface area contributed by atoms with Crippen LogP contribution in [0.5, 0.6) is 0 Å². The van der Waals surface area contributed by atoms with Crippen molar-refractivity contribution in [3.63, 3.8) is 0 Å². The molecule has 0 aliphatic heterocycles. The van der Waals surface area contributed by atoms with E-state index >= 15 is 0 Å². The van der Waals surface area contributed by atoms with Crippen molar-refractivity contribution < 1.29 is 0 Å². The molecule has 0 aliphatic rings. The Hall–Kier alpha value is 0.130. The molecule has 0 saturated heterocycles. The number of hydrogen-bond acceptors (Lipinski definition) is 1. The van der Waals surface area contributed by atoms with Gasteiger partial charge in [0.2, 0.25) is 0 Å². The number of unbranched alkanes of at least 4 members (excludes halogenated alkanes) is 2. The zero-order valence-electron chi connectivity index (χ0n) is 10.1. The summed E-state index contributed by atoms with van der Waals surface area (Å²) >= 11 is 0. The summed E-state index contributed by atoms with van der Waals surface area (Å²) in [4.78, 5) is 0. The minimum absolute atomic E-state index is 0.834. The Kier molecular flexibility index (Phi) is 32.9. The van der Waals surface area contributed by atoms with Crippen LogP contribution in [0.15, 0.2) is 0 Å². The smallest absolute Gasteiger partial charge is 0.00773 e. The third-order valence-corrected chi connectivity index (χ3v) is 1.51. The van der Waals surface area contributed by atoms with E-state index in [-0.39, 0.29) is 0 Å². The maximum atomic E-state index is 5.33. The third-order valence-electron chi connectivity index (χ3n) is 1.26. The molecule has 1 nitrogen and oxygen atoms in total. The lowest BCUT2D eigenvalue weighted by molar-refractivity contribution is 0.706. The predicted molar refractivity (Wildman–Crippen MR) is 69.2 cm³/mol. The topological polar surface area (TPSA) is 26.0 Å². The van der Waals surface area contributed by atoms with E-state index in [1.807, 2.05) is 27.7 Å². The molecule has 0 fully saturated rings. The molecule has 0 unspecified atom stereocenters. The maximum absolute atomic E-state index is 5.33. The average Bonchev–Trinajstić information content (AvgIpc) is 2.19. The molecule has 0 aliphatic carbocycles. The van der Waals surface area contributed by atoms with Crippen LogP contribution < -0.4 is 5.73 Å². The van der Waals surface area contributed by atoms with E-state index in [4.69, 9.17) is 5.73 Å². The summed E-state index contributed by atoms with van der Waals surface area (Å²) in [5.74, 6) is 0. The minimum Gasteiger partial charge on any atom is -0.330 e. The Morgan fingerprint density at radius 1 is 1.00 bits per heavy atom. The van der Waals surface area contributed by atoms with Gasteiger partial charge in [0.25, 0.3) is 0 Å². The predicted octanol–water partition coefficient (Wildman–Crippen LogP) is 3.89. The summed E-state index contributed by atoms with van der Waals surface area (Å²) in [5, 5.41) is 1.34. The molecule has 0 aromatic heterocycles. The Morgan fingerprint density at radius 3 is 1.77 bits per heavy atom. The molecule has 0 rings (SSSR count). The molecule has 13 heavy (non-hydrogen) atoms. The van der Waals surface area contributed by atoms with Gasteiger partial charge in [-0.2, -0.15) is 0 Å². The second-order valence-corrected chi connectivity index (χ2v) is 3.23. The number of hydrogen-bond donors (Lipinski definition) is 1. The summed E-state index contributed by atoms with van der Waals surface area (Å²) < 4.78 is 0. The monoisotopic (exact) mass is 205 g/mol. The van der Waals surface area contributed by atoms with Gasteiger partial charge in [-0.1, -0.05) is 39.4 Å². The van der Waals surface area contributed by atoms with Crippen LogP contribution in [-0.2, 0) is 0 Å². The van der Waals surface area contributed by atoms with Crippen LogP contribution in [-0.4, -0.2) is 11.8 Å². The van der Waals surface area contributed by atoms with E-state index in [2.05, 4.69) is 15.8 Å². The molecule has 0 heterocycles. The van der Waals surface area contributed by atoms with Gasteiger partial charge in [-0.3, -0.25) is 0 Å². The highest BCUT2D eigenvalue weighted by molar-refractivity contribution is 7.20. The molecular formula is C11H28NP. The second-order valence-electron chi connectivity index (χ2n) is 2.38. The van der Waals surface area contributed by atoms with Crippen molar-refractivity contribution in [3.8, 4) is 0 Å². The number of nitrogens with two attached hydrogens (primary N) is 1. The first kappa shape index (κ1) is 18.8. The van der Waals surface area contributed by atoms with Crippen LogP contribution >= 0.6 is 8.86 Å². The fourth-order valence-corrected chi connectivity index (χ4v) is 0.888. The largest absolute Gasteiger partial charge is 0.330 e. The van der Waals surface area contributed by atoms with E-state index in [0.717, 1.165) is 6.54 Å². The summed E-state index contributed by atoms with van der Waals surface area (Å²) in [6.45, 7) is 10.9. The maximum Gasteiger partial charge on any atom is -0.00773 e. The fourth-order valence-electron chi connectivity index (χ4n) is 0.711. The molecule has 0 atom stereocenters. The lowest BCUT2D eigenvalue weighted by Gasteiger charge is -1.96. The summed E-state index contributed by atoms with van der Waals surface area (Å²) in [5.41, 5.74) is 5.33. The molecule has 2 heteroatoms. The van der Waals surface area contributed by atoms with Gasteiger partial charge in [0, 0.05) is 0 Å². The van der Waals surface area contributed by atoms with Crippen molar-refractivity contribution in [2.75, 3.05) is 6.54 Å². The van der Waals surface area contributed by atoms with Gasteiger partial charge in [-0.25, -0.2) is 0 Å². The van der Waals surface area contributed by atoms with Gasteiger partial charge < -0.3 is 5.73 Å². The molecule has 2 N–H and O–H groups in total. The average molecular weight is 205 g/mol. The quantitative estimate of drug-likeness (QED) is 0.534. The first-order valence-electron chi connectivity index (χ1n) is 5.51. The molecule has 0 radical (unpaired) electrons. The van der Waals surface area contributed by atoms with Crippen LogP contribution in [0.25, 0.3) is 0 Å². The molecule has 0 aromatic carbocycles. The highest BCUT2D eigenvalue weighted by atomic mass is 31.0. The van der Waals surface area contributed by atoms with Crippen molar-refractivity contribution >= 4 is 14.2 Å². The van der Waals surface area contributed by atoms with E-state index in [9.17, 15) is 0 Å². The fraction of sp³-hybridized carbons (Fsp3) is 0.909. The van der Waals surface area contributed by atoms with Crippen molar-refractivity contribution in [2.45, 2.75) is 60.3 Å². The van der Waals surface area contributed by atoms with Crippen molar-refractivity contribution in [1.29, 1.82) is 0 Å². The highest BCUT2D eigenvalue weighted by Crippen LogP contribution is 2.00. The SMILES string of the molecule is CC.CC.CC(=P)CCCCCN. The molecule has 0 aromatic rings. The zero-order chi connectivity index (χ0) is 11.1. The molecule has 82 valence electrons. The summed E-state index contributed by atoms with van der Waals surface area (Å²) in [7, 11) is 3.46. The van der Waals surface area contributed by atoms with Crippen LogP contribution in [0.4, 0.5) is 0 Å². The molecule has 0 spiro atoms. The lowest BCUT2D eigenvalue weighted by atomic mass is 10.1. The standard InChI is InChI=1S/C7H16NP.2C2H6/c1-7(9)5-3-2-4-6-8;2*1-2/h9H,2-6,8H2,1H3;2*1-2H3. The van der Waals surface area contributed by atoms with Crippen LogP contribution in [0, 0.1) is 0 Å². The van der Waals surface area contributed by atoms with E-state index in [1.165, 1.54) is 31.0 Å². The van der Waals surface area contributed by atoms with Gasteiger partial charge in [-0.15, -0.1) is 8.86 Å². The first-order chi connectivity index (χ1) is 6.27. The molecular weight excluding hydrogens is 177 g/mol. The Morgan fingerprint density at radius 2 is 1.46 bits per heavy atom. The molecule has 0 bridgehead atoms. The second kappa shape index (κ2) is 22.7. The number of rotatable bonds is 5. The third kappa shape index (κ3) is 33.1. The highest BCUT2D eigenvalue weighted by Gasteiger charge is 1.87. The normalized spacial score (nSPS) is 7.54. The van der Waals surface area contributed by atoms with Crippen molar-refractivity contribution in [2.24, 2.45) is 5.73 Å². The van der Waals surface area contributed by atoms with Gasteiger partial charge in [0.1, 0.15) is 0 Å². The summed E-state index contributed by atoms with van der Waals surface area (Å²) in [6, 6.07) is 0.